The van der Waals surface area contributed by atoms with Crippen molar-refractivity contribution in [2.45, 2.75) is 69.2 Å². The highest BCUT2D eigenvalue weighted by Gasteiger charge is 2.64. The molecule has 3 saturated heterocycles. The van der Waals surface area contributed by atoms with E-state index < -0.39 is 48.8 Å². The maximum absolute atomic E-state index is 14.7. The number of amides is 2. The molecule has 3 aliphatic rings. The average Bonchev–Trinajstić information content (AvgIpc) is 2.96. The minimum atomic E-state index is -4.70. The average molecular weight is 666 g/mol. The van der Waals surface area contributed by atoms with Gasteiger partial charge in [0.25, 0.3) is 5.60 Å². The monoisotopic (exact) mass is 665 g/mol. The van der Waals surface area contributed by atoms with E-state index in [0.29, 0.717) is 45.2 Å². The Hall–Kier alpha value is -2.75. The maximum atomic E-state index is 14.7. The molecule has 1 aromatic carbocycles. The van der Waals surface area contributed by atoms with Crippen LogP contribution in [-0.2, 0) is 20.7 Å². The number of hydrogen-bond donors (Lipinski definition) is 3. The van der Waals surface area contributed by atoms with Gasteiger partial charge >= 0.3 is 12.3 Å². The second kappa shape index (κ2) is 16.4. The van der Waals surface area contributed by atoms with E-state index in [9.17, 15) is 36.6 Å². The van der Waals surface area contributed by atoms with Gasteiger partial charge < -0.3 is 39.5 Å². The number of benzene rings is 1. The van der Waals surface area contributed by atoms with Gasteiger partial charge in [0, 0.05) is 56.3 Å². The van der Waals surface area contributed by atoms with E-state index in [1.165, 1.54) is 4.90 Å². The molecule has 46 heavy (non-hydrogen) atoms. The van der Waals surface area contributed by atoms with Crippen LogP contribution in [-0.4, -0.2) is 116 Å². The molecule has 3 heterocycles. The lowest BCUT2D eigenvalue weighted by Crippen LogP contribution is -2.64. The van der Waals surface area contributed by atoms with Crippen molar-refractivity contribution in [3.8, 4) is 5.75 Å². The van der Waals surface area contributed by atoms with Crippen molar-refractivity contribution in [3.05, 3.63) is 29.3 Å². The van der Waals surface area contributed by atoms with Crippen LogP contribution in [0.2, 0.25) is 0 Å². The first-order chi connectivity index (χ1) is 21.9. The van der Waals surface area contributed by atoms with E-state index in [1.807, 2.05) is 0 Å². The van der Waals surface area contributed by atoms with Crippen molar-refractivity contribution in [3.63, 3.8) is 0 Å². The molecule has 3 fully saturated rings. The van der Waals surface area contributed by atoms with E-state index in [1.54, 1.807) is 4.90 Å². The zero-order chi connectivity index (χ0) is 33.3. The van der Waals surface area contributed by atoms with Gasteiger partial charge in [-0.3, -0.25) is 4.79 Å². The fourth-order valence-electron chi connectivity index (χ4n) is 5.79. The van der Waals surface area contributed by atoms with Gasteiger partial charge in [-0.15, -0.1) is 0 Å². The van der Waals surface area contributed by atoms with Gasteiger partial charge in [-0.2, -0.15) is 13.2 Å². The van der Waals surface area contributed by atoms with Crippen LogP contribution in [0.1, 0.15) is 50.5 Å². The van der Waals surface area contributed by atoms with E-state index in [-0.39, 0.29) is 61.8 Å². The Kier molecular flexibility index (Phi) is 12.9. The normalized spacial score (nSPS) is 19.4. The third kappa shape index (κ3) is 9.64. The van der Waals surface area contributed by atoms with Crippen LogP contribution < -0.4 is 10.1 Å². The Labute approximate surface area is 265 Å². The highest BCUT2D eigenvalue weighted by atomic mass is 19.4. The van der Waals surface area contributed by atoms with Crippen LogP contribution in [0.15, 0.2) is 12.1 Å². The quantitative estimate of drug-likeness (QED) is 0.182. The zero-order valence-electron chi connectivity index (χ0n) is 25.8. The molecule has 2 amide bonds. The van der Waals surface area contributed by atoms with E-state index in [0.717, 1.165) is 38.1 Å². The smallest absolute Gasteiger partial charge is 0.433 e. The summed E-state index contributed by atoms with van der Waals surface area (Å²) in [6.07, 6.45) is -2.11. The molecule has 0 aromatic heterocycles. The number of halogens is 5. The first kappa shape index (κ1) is 36.1. The van der Waals surface area contributed by atoms with Crippen molar-refractivity contribution in [1.29, 1.82) is 0 Å². The Morgan fingerprint density at radius 3 is 2.30 bits per heavy atom. The fourth-order valence-corrected chi connectivity index (χ4v) is 5.79. The van der Waals surface area contributed by atoms with E-state index in [2.05, 4.69) is 10.1 Å². The van der Waals surface area contributed by atoms with Crippen LogP contribution in [0.3, 0.4) is 0 Å². The van der Waals surface area contributed by atoms with E-state index >= 15 is 0 Å². The van der Waals surface area contributed by atoms with Crippen molar-refractivity contribution < 1.29 is 56.0 Å². The summed E-state index contributed by atoms with van der Waals surface area (Å²) in [7, 11) is 0. The number of hydrogen-bond acceptors (Lipinski definition) is 8. The number of piperidine rings is 1. The first-order valence-corrected chi connectivity index (χ1v) is 15.9. The summed E-state index contributed by atoms with van der Waals surface area (Å²) >= 11 is 0. The standard InChI is InChI=1S/C31H44F5N3O7/c32-26-12-24(13-27(33)25(26)14-28(42)39-16-22(17-39)15-37-8-2-1-5-23(41)18-40)45-11-3-4-21-6-9-38(10-7-21)29(43)46-30(19-44-20-30)31(34,35)36/h12-13,21-23,37,40-41H,1-11,14-20H2/t23-/m0/s1. The number of nitrogens with one attached hydrogen (secondary N) is 1. The molecular weight excluding hydrogens is 621 g/mol. The largest absolute Gasteiger partial charge is 0.493 e. The molecule has 0 radical (unpaired) electrons. The fraction of sp³-hybridized carbons (Fsp3) is 0.742. The van der Waals surface area contributed by atoms with Gasteiger partial charge in [0.1, 0.15) is 17.4 Å². The summed E-state index contributed by atoms with van der Waals surface area (Å²) in [6.45, 7) is 1.60. The lowest BCUT2D eigenvalue weighted by atomic mass is 9.92. The number of carbonyl (C=O) groups is 2. The molecule has 0 aliphatic carbocycles. The summed E-state index contributed by atoms with van der Waals surface area (Å²) in [4.78, 5) is 27.7. The minimum Gasteiger partial charge on any atom is -0.493 e. The number of aliphatic hydroxyl groups is 2. The van der Waals surface area contributed by atoms with Gasteiger partial charge in [0.2, 0.25) is 5.91 Å². The van der Waals surface area contributed by atoms with Gasteiger partial charge in [0.05, 0.1) is 39.0 Å². The second-order valence-electron chi connectivity index (χ2n) is 12.5. The molecule has 260 valence electrons. The maximum Gasteiger partial charge on any atom is 0.433 e. The molecule has 0 spiro atoms. The van der Waals surface area contributed by atoms with Crippen LogP contribution >= 0.6 is 0 Å². The number of nitrogens with zero attached hydrogens (tertiary/aromatic N) is 2. The van der Waals surface area contributed by atoms with Crippen LogP contribution in [0, 0.1) is 23.5 Å². The number of aliphatic hydroxyl groups excluding tert-OH is 2. The third-order valence-electron chi connectivity index (χ3n) is 8.90. The zero-order valence-corrected chi connectivity index (χ0v) is 25.8. The third-order valence-corrected chi connectivity index (χ3v) is 8.90. The lowest BCUT2D eigenvalue weighted by molar-refractivity contribution is -0.333. The molecule has 0 unspecified atom stereocenters. The molecule has 3 N–H and O–H groups in total. The molecular formula is C31H44F5N3O7. The van der Waals surface area contributed by atoms with Gasteiger partial charge in [-0.05, 0) is 57.4 Å². The predicted octanol–water partition coefficient (Wildman–Crippen LogP) is 3.42. The number of unbranched alkanes of at least 4 members (excludes halogenated alkanes) is 1. The number of likely N-dealkylation sites (tertiary alicyclic amines) is 2. The van der Waals surface area contributed by atoms with Gasteiger partial charge in [-0.25, -0.2) is 13.6 Å². The van der Waals surface area contributed by atoms with Crippen molar-refractivity contribution in [2.24, 2.45) is 11.8 Å². The second-order valence-corrected chi connectivity index (χ2v) is 12.5. The molecule has 0 bridgehead atoms. The summed E-state index contributed by atoms with van der Waals surface area (Å²) in [5.74, 6) is -1.56. The molecule has 1 aromatic rings. The Morgan fingerprint density at radius 2 is 1.72 bits per heavy atom. The predicted molar refractivity (Wildman–Crippen MR) is 155 cm³/mol. The highest BCUT2D eigenvalue weighted by molar-refractivity contribution is 5.79. The molecule has 3 aliphatic heterocycles. The Morgan fingerprint density at radius 1 is 1.04 bits per heavy atom. The lowest BCUT2D eigenvalue weighted by Gasteiger charge is -2.43. The summed E-state index contributed by atoms with van der Waals surface area (Å²) in [5.41, 5.74) is -2.88. The van der Waals surface area contributed by atoms with Crippen LogP contribution in [0.4, 0.5) is 26.7 Å². The van der Waals surface area contributed by atoms with E-state index in [4.69, 9.17) is 14.6 Å². The summed E-state index contributed by atoms with van der Waals surface area (Å²) in [5, 5.41) is 21.4. The number of rotatable bonds is 16. The molecule has 1 atom stereocenters. The number of alkyl halides is 3. The summed E-state index contributed by atoms with van der Waals surface area (Å²) < 4.78 is 84.1. The Bertz CT molecular complexity index is 1130. The van der Waals surface area contributed by atoms with Crippen LogP contribution in [0.5, 0.6) is 5.75 Å². The van der Waals surface area contributed by atoms with Crippen molar-refractivity contribution in [1.82, 2.24) is 15.1 Å². The molecule has 15 heteroatoms. The Balaban J connectivity index is 1.09. The topological polar surface area (TPSA) is 121 Å². The van der Waals surface area contributed by atoms with Crippen molar-refractivity contribution in [2.75, 3.05) is 65.7 Å². The first-order valence-electron chi connectivity index (χ1n) is 15.9. The number of carbonyl (C=O) groups excluding carboxylic acids is 2. The van der Waals surface area contributed by atoms with Crippen molar-refractivity contribution >= 4 is 12.0 Å². The molecule has 4 rings (SSSR count). The number of ether oxygens (including phenoxy) is 3. The summed E-state index contributed by atoms with van der Waals surface area (Å²) in [6, 6.07) is 2.14. The highest BCUT2D eigenvalue weighted by Crippen LogP contribution is 2.40. The minimum absolute atomic E-state index is 0.0169. The molecule has 0 saturated carbocycles. The van der Waals surface area contributed by atoms with Gasteiger partial charge in [-0.1, -0.05) is 0 Å². The molecule has 10 nitrogen and oxygen atoms in total. The van der Waals surface area contributed by atoms with Crippen LogP contribution in [0.25, 0.3) is 0 Å². The van der Waals surface area contributed by atoms with Gasteiger partial charge in [0.15, 0.2) is 0 Å². The SMILES string of the molecule is O=C(Cc1c(F)cc(OCCCC2CCN(C(=O)OC3(C(F)(F)F)COC3)CC2)cc1F)N1CC(CNCCCC[C@H](O)CO)C1.